The summed E-state index contributed by atoms with van der Waals surface area (Å²) in [7, 11) is 0. The Labute approximate surface area is 381 Å². The summed E-state index contributed by atoms with van der Waals surface area (Å²) in [6.45, 7) is 6.53. The maximum atomic E-state index is 13.2. The van der Waals surface area contributed by atoms with Crippen LogP contribution in [0.25, 0.3) is 0 Å². The standard InChI is InChI=1S/C55H109NO5/c1-4-7-10-13-16-19-22-25-27-30-33-36-39-42-45-48-55(60)61-51(46-43-40-37-34-31-29-26-23-20-17-14-11-8-5-2)49-54(59)56-52(50-57)53(58)47-44-41-38-35-32-28-24-21-18-15-12-9-6-3/h51-53,57-58H,4-50H2,1-3H3,(H,56,59). The molecule has 0 aliphatic heterocycles. The number of hydrogen-bond acceptors (Lipinski definition) is 5. The first kappa shape index (κ1) is 59.9. The Morgan fingerprint density at radius 2 is 0.689 bits per heavy atom. The van der Waals surface area contributed by atoms with Crippen LogP contribution < -0.4 is 5.32 Å². The van der Waals surface area contributed by atoms with E-state index in [0.717, 1.165) is 38.5 Å². The minimum atomic E-state index is -0.779. The lowest BCUT2D eigenvalue weighted by atomic mass is 10.0. The monoisotopic (exact) mass is 864 g/mol. The van der Waals surface area contributed by atoms with Gasteiger partial charge in [0.05, 0.1) is 25.2 Å². The van der Waals surface area contributed by atoms with E-state index in [9.17, 15) is 19.8 Å². The van der Waals surface area contributed by atoms with Crippen LogP contribution in [0.1, 0.15) is 316 Å². The molecule has 3 atom stereocenters. The number of nitrogens with one attached hydrogen (secondary N) is 1. The molecule has 0 aliphatic rings. The third kappa shape index (κ3) is 45.2. The first-order valence-electron chi connectivity index (χ1n) is 27.8. The van der Waals surface area contributed by atoms with Crippen molar-refractivity contribution in [3.8, 4) is 0 Å². The van der Waals surface area contributed by atoms with Crippen LogP contribution in [0.15, 0.2) is 0 Å². The fraction of sp³-hybridized carbons (Fsp3) is 0.964. The van der Waals surface area contributed by atoms with E-state index in [-0.39, 0.29) is 24.9 Å². The van der Waals surface area contributed by atoms with Crippen molar-refractivity contribution < 1.29 is 24.5 Å². The van der Waals surface area contributed by atoms with Gasteiger partial charge in [0.2, 0.25) is 5.91 Å². The number of amides is 1. The molecule has 61 heavy (non-hydrogen) atoms. The predicted octanol–water partition coefficient (Wildman–Crippen LogP) is 16.7. The summed E-state index contributed by atoms with van der Waals surface area (Å²) in [5.41, 5.74) is 0. The fourth-order valence-corrected chi connectivity index (χ4v) is 8.96. The summed E-state index contributed by atoms with van der Waals surface area (Å²) >= 11 is 0. The number of unbranched alkanes of at least 4 members (excludes halogenated alkanes) is 39. The van der Waals surface area contributed by atoms with Gasteiger partial charge in [-0.05, 0) is 25.7 Å². The maximum absolute atomic E-state index is 13.2. The zero-order valence-electron chi connectivity index (χ0n) is 41.6. The highest BCUT2D eigenvalue weighted by Gasteiger charge is 2.24. The van der Waals surface area contributed by atoms with E-state index in [1.807, 2.05) is 0 Å². The number of hydrogen-bond donors (Lipinski definition) is 3. The van der Waals surface area contributed by atoms with Gasteiger partial charge in [0.1, 0.15) is 6.10 Å². The average Bonchev–Trinajstić information content (AvgIpc) is 3.25. The van der Waals surface area contributed by atoms with Crippen molar-refractivity contribution in [3.05, 3.63) is 0 Å². The number of esters is 1. The third-order valence-corrected chi connectivity index (χ3v) is 13.2. The Morgan fingerprint density at radius 3 is 1.00 bits per heavy atom. The molecule has 0 aromatic rings. The highest BCUT2D eigenvalue weighted by molar-refractivity contribution is 5.77. The largest absolute Gasteiger partial charge is 0.462 e. The molecule has 6 nitrogen and oxygen atoms in total. The van der Waals surface area contributed by atoms with Crippen LogP contribution in [0.2, 0.25) is 0 Å². The van der Waals surface area contributed by atoms with Gasteiger partial charge in [0, 0.05) is 6.42 Å². The molecule has 6 heteroatoms. The molecule has 1 amide bonds. The zero-order chi connectivity index (χ0) is 44.5. The Balaban J connectivity index is 4.50. The first-order valence-corrected chi connectivity index (χ1v) is 27.8. The van der Waals surface area contributed by atoms with Crippen molar-refractivity contribution in [3.63, 3.8) is 0 Å². The predicted molar refractivity (Wildman–Crippen MR) is 264 cm³/mol. The second kappa shape index (κ2) is 49.9. The summed E-state index contributed by atoms with van der Waals surface area (Å²) in [6.07, 6.45) is 54.5. The van der Waals surface area contributed by atoms with E-state index in [1.54, 1.807) is 0 Å². The van der Waals surface area contributed by atoms with E-state index in [4.69, 9.17) is 4.74 Å². The Hall–Kier alpha value is -1.14. The van der Waals surface area contributed by atoms with Crippen LogP contribution in [-0.2, 0) is 14.3 Å². The summed E-state index contributed by atoms with van der Waals surface area (Å²) < 4.78 is 5.96. The van der Waals surface area contributed by atoms with Crippen molar-refractivity contribution in [2.24, 2.45) is 0 Å². The fourth-order valence-electron chi connectivity index (χ4n) is 8.96. The Bertz CT molecular complexity index is 882. The van der Waals surface area contributed by atoms with Crippen LogP contribution >= 0.6 is 0 Å². The van der Waals surface area contributed by atoms with Crippen molar-refractivity contribution in [1.29, 1.82) is 0 Å². The molecule has 0 rings (SSSR count). The minimum absolute atomic E-state index is 0.0883. The van der Waals surface area contributed by atoms with Crippen molar-refractivity contribution >= 4 is 11.9 Å². The highest BCUT2D eigenvalue weighted by Crippen LogP contribution is 2.19. The van der Waals surface area contributed by atoms with E-state index in [2.05, 4.69) is 26.1 Å². The van der Waals surface area contributed by atoms with Gasteiger partial charge in [-0.1, -0.05) is 278 Å². The van der Waals surface area contributed by atoms with Crippen LogP contribution in [0.5, 0.6) is 0 Å². The molecule has 0 radical (unpaired) electrons. The molecule has 0 fully saturated rings. The van der Waals surface area contributed by atoms with Crippen molar-refractivity contribution in [2.45, 2.75) is 334 Å². The molecular weight excluding hydrogens is 755 g/mol. The third-order valence-electron chi connectivity index (χ3n) is 13.2. The molecule has 0 saturated carbocycles. The highest BCUT2D eigenvalue weighted by atomic mass is 16.5. The summed E-state index contributed by atoms with van der Waals surface area (Å²) in [6, 6.07) is -0.692. The molecule has 0 spiro atoms. The topological polar surface area (TPSA) is 95.9 Å². The number of carbonyl (C=O) groups is 2. The first-order chi connectivity index (χ1) is 30.0. The van der Waals surface area contributed by atoms with E-state index in [1.165, 1.54) is 231 Å². The molecule has 364 valence electrons. The second-order valence-corrected chi connectivity index (χ2v) is 19.4. The Kier molecular flexibility index (Phi) is 48.9. The SMILES string of the molecule is CCCCCCCCCCCCCCCCCC(=O)OC(CCCCCCCCCCCCCCCC)CC(=O)NC(CO)C(O)CCCCCCCCCCCCCCC. The number of rotatable bonds is 51. The number of carbonyl (C=O) groups excluding carboxylic acids is 2. The van der Waals surface area contributed by atoms with Crippen LogP contribution in [0, 0.1) is 0 Å². The van der Waals surface area contributed by atoms with Gasteiger partial charge in [-0.15, -0.1) is 0 Å². The molecule has 3 unspecified atom stereocenters. The lowest BCUT2D eigenvalue weighted by Crippen LogP contribution is -2.46. The second-order valence-electron chi connectivity index (χ2n) is 19.4. The molecule has 3 N–H and O–H groups in total. The molecular formula is C55H109NO5. The van der Waals surface area contributed by atoms with Gasteiger partial charge in [-0.3, -0.25) is 9.59 Å². The van der Waals surface area contributed by atoms with Gasteiger partial charge >= 0.3 is 5.97 Å². The lowest BCUT2D eigenvalue weighted by Gasteiger charge is -2.24. The lowest BCUT2D eigenvalue weighted by molar-refractivity contribution is -0.151. The maximum Gasteiger partial charge on any atom is 0.306 e. The average molecular weight is 864 g/mol. The molecule has 0 saturated heterocycles. The number of aliphatic hydroxyl groups excluding tert-OH is 2. The van der Waals surface area contributed by atoms with Gasteiger partial charge < -0.3 is 20.3 Å². The minimum Gasteiger partial charge on any atom is -0.462 e. The van der Waals surface area contributed by atoms with E-state index < -0.39 is 18.2 Å². The number of aliphatic hydroxyl groups is 2. The normalized spacial score (nSPS) is 13.1. The molecule has 0 aliphatic carbocycles. The summed E-state index contributed by atoms with van der Waals surface area (Å²) in [5.74, 6) is -0.447. The zero-order valence-corrected chi connectivity index (χ0v) is 41.6. The van der Waals surface area contributed by atoms with Crippen LogP contribution in [-0.4, -0.2) is 46.9 Å². The van der Waals surface area contributed by atoms with Crippen LogP contribution in [0.4, 0.5) is 0 Å². The molecule has 0 bridgehead atoms. The van der Waals surface area contributed by atoms with Crippen LogP contribution in [0.3, 0.4) is 0 Å². The smallest absolute Gasteiger partial charge is 0.306 e. The van der Waals surface area contributed by atoms with E-state index in [0.29, 0.717) is 19.3 Å². The summed E-state index contributed by atoms with van der Waals surface area (Å²) in [4.78, 5) is 26.2. The Morgan fingerprint density at radius 1 is 0.410 bits per heavy atom. The molecule has 0 heterocycles. The van der Waals surface area contributed by atoms with Gasteiger partial charge in [-0.2, -0.15) is 0 Å². The van der Waals surface area contributed by atoms with Crippen molar-refractivity contribution in [2.75, 3.05) is 6.61 Å². The van der Waals surface area contributed by atoms with Gasteiger partial charge in [0.15, 0.2) is 0 Å². The quantitative estimate of drug-likeness (QED) is 0.0418. The van der Waals surface area contributed by atoms with Gasteiger partial charge in [0.25, 0.3) is 0 Å². The van der Waals surface area contributed by atoms with Gasteiger partial charge in [-0.25, -0.2) is 0 Å². The number of ether oxygens (including phenoxy) is 1. The molecule has 0 aromatic carbocycles. The summed E-state index contributed by atoms with van der Waals surface area (Å²) in [5, 5.41) is 23.8. The molecule has 0 aromatic heterocycles. The van der Waals surface area contributed by atoms with E-state index >= 15 is 0 Å². The van der Waals surface area contributed by atoms with Crippen molar-refractivity contribution in [1.82, 2.24) is 5.32 Å².